The van der Waals surface area contributed by atoms with Crippen LogP contribution in [-0.4, -0.2) is 13.1 Å². The fourth-order valence-electron chi connectivity index (χ4n) is 0.825. The monoisotopic (exact) mass is 153 g/mol. The maximum atomic E-state index is 9.60. The maximum Gasteiger partial charge on any atom is 0.417 e. The Bertz CT molecular complexity index is 191. The van der Waals surface area contributed by atoms with Crippen LogP contribution < -0.4 is 0 Å². The van der Waals surface area contributed by atoms with Gasteiger partial charge in [0, 0.05) is 0 Å². The lowest BCUT2D eigenvalue weighted by Gasteiger charge is -1.94. The van der Waals surface area contributed by atoms with E-state index in [1.54, 1.807) is 12.5 Å². The number of aryl methyl sites for hydroxylation is 1. The van der Waals surface area contributed by atoms with Crippen molar-refractivity contribution in [3.8, 4) is 0 Å². The van der Waals surface area contributed by atoms with Gasteiger partial charge in [0.25, 0.3) is 0 Å². The number of hydrogen-bond donors (Lipinski definition) is 0. The summed E-state index contributed by atoms with van der Waals surface area (Å²) in [7, 11) is 0. The number of furan rings is 1. The van der Waals surface area contributed by atoms with Gasteiger partial charge in [-0.25, -0.2) is 4.79 Å². The molecule has 0 aliphatic carbocycles. The quantitative estimate of drug-likeness (QED) is 0.598. The number of carbonyl (C=O) groups excluding carboxylic acids is 1. The molecule has 0 bridgehead atoms. The van der Waals surface area contributed by atoms with Gasteiger partial charge in [0.2, 0.25) is 0 Å². The summed E-state index contributed by atoms with van der Waals surface area (Å²) >= 11 is 0. The van der Waals surface area contributed by atoms with Gasteiger partial charge in [-0.05, 0) is 24.5 Å². The fraction of sp³-hybridized carbons (Fsp3) is 0.375. The summed E-state index contributed by atoms with van der Waals surface area (Å²) in [5, 5.41) is 0. The molecule has 1 rings (SSSR count). The lowest BCUT2D eigenvalue weighted by molar-refractivity contribution is 0.273. The Morgan fingerprint density at radius 2 is 2.55 bits per heavy atom. The van der Waals surface area contributed by atoms with Crippen LogP contribution in [0.4, 0.5) is 0 Å². The van der Waals surface area contributed by atoms with Crippen LogP contribution in [0.25, 0.3) is 0 Å². The third-order valence-corrected chi connectivity index (χ3v) is 1.35. The van der Waals surface area contributed by atoms with Crippen LogP contribution in [0, 0.1) is 0 Å². The zero-order chi connectivity index (χ0) is 7.94. The maximum absolute atomic E-state index is 9.60. The van der Waals surface area contributed by atoms with Gasteiger partial charge in [-0.3, -0.25) is 0 Å². The molecular weight excluding hydrogens is 144 g/mol. The van der Waals surface area contributed by atoms with Crippen molar-refractivity contribution in [1.82, 2.24) is 0 Å². The first kappa shape index (κ1) is 7.85. The Morgan fingerprint density at radius 1 is 1.64 bits per heavy atom. The second kappa shape index (κ2) is 4.55. The third-order valence-electron chi connectivity index (χ3n) is 1.35. The summed E-state index contributed by atoms with van der Waals surface area (Å²) in [4.78, 5) is 9.60. The molecule has 0 amide bonds. The van der Waals surface area contributed by atoms with E-state index in [0.29, 0.717) is 6.61 Å². The van der Waals surface area contributed by atoms with Crippen LogP contribution in [0.15, 0.2) is 23.0 Å². The summed E-state index contributed by atoms with van der Waals surface area (Å²) in [5.74, 6) is 0. The first-order valence-corrected chi connectivity index (χ1v) is 3.43. The van der Waals surface area contributed by atoms with Gasteiger partial charge < -0.3 is 9.15 Å². The summed E-state index contributed by atoms with van der Waals surface area (Å²) in [6.07, 6.45) is 5.00. The van der Waals surface area contributed by atoms with Crippen molar-refractivity contribution >= 4 is 6.47 Å². The Balaban J connectivity index is 2.09. The normalized spacial score (nSPS) is 9.45. The van der Waals surface area contributed by atoms with E-state index in [9.17, 15) is 4.79 Å². The van der Waals surface area contributed by atoms with Crippen molar-refractivity contribution < 1.29 is 13.9 Å². The molecule has 1 radical (unpaired) electrons. The summed E-state index contributed by atoms with van der Waals surface area (Å²) in [6, 6.07) is 1.89. The number of hydrogen-bond acceptors (Lipinski definition) is 3. The topological polar surface area (TPSA) is 39.4 Å². The van der Waals surface area contributed by atoms with Crippen LogP contribution in [0.2, 0.25) is 0 Å². The molecule has 0 spiro atoms. The smallest absolute Gasteiger partial charge is 0.417 e. The lowest BCUT2D eigenvalue weighted by Crippen LogP contribution is -1.93. The van der Waals surface area contributed by atoms with Crippen molar-refractivity contribution in [1.29, 1.82) is 0 Å². The van der Waals surface area contributed by atoms with Crippen molar-refractivity contribution in [2.75, 3.05) is 6.61 Å². The minimum absolute atomic E-state index is 0.425. The second-order valence-electron chi connectivity index (χ2n) is 2.17. The molecule has 0 aliphatic heterocycles. The van der Waals surface area contributed by atoms with Gasteiger partial charge in [-0.1, -0.05) is 0 Å². The van der Waals surface area contributed by atoms with Crippen LogP contribution in [0.5, 0.6) is 0 Å². The van der Waals surface area contributed by atoms with Crippen molar-refractivity contribution in [3.63, 3.8) is 0 Å². The fourth-order valence-corrected chi connectivity index (χ4v) is 0.825. The minimum Gasteiger partial charge on any atom is -0.472 e. The van der Waals surface area contributed by atoms with Crippen LogP contribution in [-0.2, 0) is 16.0 Å². The molecule has 3 heteroatoms. The predicted molar refractivity (Wildman–Crippen MR) is 38.7 cm³/mol. The van der Waals surface area contributed by atoms with E-state index in [1.165, 1.54) is 6.47 Å². The summed E-state index contributed by atoms with van der Waals surface area (Å²) < 4.78 is 9.25. The molecule has 1 aromatic heterocycles. The Kier molecular flexibility index (Phi) is 3.25. The molecule has 0 aliphatic rings. The van der Waals surface area contributed by atoms with E-state index in [4.69, 9.17) is 4.42 Å². The minimum atomic E-state index is 0.425. The van der Waals surface area contributed by atoms with Gasteiger partial charge in [-0.15, -0.1) is 0 Å². The van der Waals surface area contributed by atoms with E-state index in [0.717, 1.165) is 18.4 Å². The molecule has 0 aromatic carbocycles. The first-order valence-electron chi connectivity index (χ1n) is 3.43. The number of ether oxygens (including phenoxy) is 1. The average molecular weight is 153 g/mol. The van der Waals surface area contributed by atoms with Crippen LogP contribution >= 0.6 is 0 Å². The molecule has 11 heavy (non-hydrogen) atoms. The zero-order valence-corrected chi connectivity index (χ0v) is 6.08. The molecule has 0 fully saturated rings. The van der Waals surface area contributed by atoms with E-state index in [2.05, 4.69) is 4.74 Å². The highest BCUT2D eigenvalue weighted by Gasteiger charge is 1.93. The van der Waals surface area contributed by atoms with E-state index in [1.807, 2.05) is 6.07 Å². The van der Waals surface area contributed by atoms with Crippen LogP contribution in [0.3, 0.4) is 0 Å². The SMILES string of the molecule is O=[C]OCCCc1ccoc1. The highest BCUT2D eigenvalue weighted by atomic mass is 16.5. The van der Waals surface area contributed by atoms with E-state index in [-0.39, 0.29) is 0 Å². The van der Waals surface area contributed by atoms with Crippen molar-refractivity contribution in [2.45, 2.75) is 12.8 Å². The van der Waals surface area contributed by atoms with Crippen molar-refractivity contribution in [2.24, 2.45) is 0 Å². The highest BCUT2D eigenvalue weighted by molar-refractivity contribution is 5.38. The Hall–Kier alpha value is -1.25. The molecule has 1 heterocycles. The van der Waals surface area contributed by atoms with Gasteiger partial charge in [0.15, 0.2) is 0 Å². The van der Waals surface area contributed by atoms with Gasteiger partial charge in [0.1, 0.15) is 0 Å². The molecule has 0 atom stereocenters. The van der Waals surface area contributed by atoms with Crippen LogP contribution in [0.1, 0.15) is 12.0 Å². The standard InChI is InChI=1S/C8H9O3/c9-7-11-4-1-2-8-3-5-10-6-8/h3,5-6H,1-2,4H2. The van der Waals surface area contributed by atoms with Gasteiger partial charge in [0.05, 0.1) is 19.1 Å². The average Bonchev–Trinajstić information content (AvgIpc) is 2.50. The lowest BCUT2D eigenvalue weighted by atomic mass is 10.2. The molecule has 0 saturated carbocycles. The van der Waals surface area contributed by atoms with Crippen molar-refractivity contribution in [3.05, 3.63) is 24.2 Å². The zero-order valence-electron chi connectivity index (χ0n) is 6.08. The van der Waals surface area contributed by atoms with Gasteiger partial charge >= 0.3 is 6.47 Å². The number of rotatable bonds is 5. The van der Waals surface area contributed by atoms with E-state index < -0.39 is 0 Å². The summed E-state index contributed by atoms with van der Waals surface area (Å²) in [5.41, 5.74) is 1.12. The van der Waals surface area contributed by atoms with Gasteiger partial charge in [-0.2, -0.15) is 0 Å². The Labute approximate surface area is 65.0 Å². The molecule has 0 unspecified atom stereocenters. The molecule has 1 aromatic rings. The molecule has 0 N–H and O–H groups in total. The molecule has 0 saturated heterocycles. The third kappa shape index (κ3) is 2.89. The Morgan fingerprint density at radius 3 is 3.18 bits per heavy atom. The second-order valence-corrected chi connectivity index (χ2v) is 2.17. The molecular formula is C8H9O3. The van der Waals surface area contributed by atoms with E-state index >= 15 is 0 Å². The summed E-state index contributed by atoms with van der Waals surface area (Å²) in [6.45, 7) is 1.80. The molecule has 3 nitrogen and oxygen atoms in total. The first-order chi connectivity index (χ1) is 5.43. The predicted octanol–water partition coefficient (Wildman–Crippen LogP) is 1.30. The highest BCUT2D eigenvalue weighted by Crippen LogP contribution is 2.02. The largest absolute Gasteiger partial charge is 0.472 e. The molecule has 59 valence electrons.